The molecule has 39 heavy (non-hydrogen) atoms. The Bertz CT molecular complexity index is 1810. The first-order chi connectivity index (χ1) is 18.8. The molecule has 8 nitrogen and oxygen atoms in total. The lowest BCUT2D eigenvalue weighted by Crippen LogP contribution is -2.39. The van der Waals surface area contributed by atoms with E-state index in [9.17, 15) is 9.59 Å². The molecule has 5 rings (SSSR count). The van der Waals surface area contributed by atoms with Gasteiger partial charge in [-0.2, -0.15) is 0 Å². The van der Waals surface area contributed by atoms with E-state index in [0.717, 1.165) is 16.3 Å². The molecule has 200 valence electrons. The van der Waals surface area contributed by atoms with Gasteiger partial charge in [0.25, 0.3) is 5.56 Å². The molecule has 4 aromatic rings. The van der Waals surface area contributed by atoms with Crippen molar-refractivity contribution < 1.29 is 23.7 Å². The van der Waals surface area contributed by atoms with Gasteiger partial charge in [0.1, 0.15) is 5.75 Å². The standard InChI is InChI=1S/C30H28N2O6S/c1-16-25(17(2)33)27(26-20-10-8-7-9-19(20)11-12-21(26)35-3)32-29(34)24(39-30(32)31-16)15-18-13-22(36-4)28(38-6)23(14-18)37-5/h7-15,27H,1-6H3/t27-/m1/s1. The maximum Gasteiger partial charge on any atom is 0.271 e. The molecule has 0 unspecified atom stereocenters. The van der Waals surface area contributed by atoms with Crippen molar-refractivity contribution in [3.63, 3.8) is 0 Å². The van der Waals surface area contributed by atoms with Crippen molar-refractivity contribution in [2.45, 2.75) is 19.9 Å². The van der Waals surface area contributed by atoms with Gasteiger partial charge in [-0.3, -0.25) is 14.2 Å². The Hall–Kier alpha value is -4.37. The molecule has 0 fully saturated rings. The molecule has 0 spiro atoms. The summed E-state index contributed by atoms with van der Waals surface area (Å²) in [6.07, 6.45) is 1.76. The van der Waals surface area contributed by atoms with E-state index in [4.69, 9.17) is 18.9 Å². The Kier molecular flexibility index (Phi) is 7.01. The molecule has 0 saturated heterocycles. The van der Waals surface area contributed by atoms with Crippen molar-refractivity contribution in [3.8, 4) is 23.0 Å². The fraction of sp³-hybridized carbons (Fsp3) is 0.233. The molecule has 0 amide bonds. The predicted octanol–water partition coefficient (Wildman–Crippen LogP) is 4.01. The van der Waals surface area contributed by atoms with Crippen molar-refractivity contribution in [1.29, 1.82) is 0 Å². The van der Waals surface area contributed by atoms with Crippen LogP contribution in [0.4, 0.5) is 0 Å². The van der Waals surface area contributed by atoms with Crippen LogP contribution in [0.3, 0.4) is 0 Å². The van der Waals surface area contributed by atoms with Crippen LogP contribution in [0.25, 0.3) is 16.8 Å². The average molecular weight is 545 g/mol. The van der Waals surface area contributed by atoms with Crippen LogP contribution in [0.5, 0.6) is 23.0 Å². The highest BCUT2D eigenvalue weighted by Crippen LogP contribution is 2.40. The quantitative estimate of drug-likeness (QED) is 0.349. The van der Waals surface area contributed by atoms with Crippen molar-refractivity contribution in [3.05, 3.63) is 90.6 Å². The molecule has 0 N–H and O–H groups in total. The van der Waals surface area contributed by atoms with Crippen LogP contribution in [-0.2, 0) is 4.79 Å². The second-order valence-corrected chi connectivity index (χ2v) is 10.0. The first-order valence-electron chi connectivity index (χ1n) is 12.2. The molecular weight excluding hydrogens is 516 g/mol. The fourth-order valence-corrected chi connectivity index (χ4v) is 6.16. The summed E-state index contributed by atoms with van der Waals surface area (Å²) in [6.45, 7) is 3.31. The van der Waals surface area contributed by atoms with Gasteiger partial charge in [0.2, 0.25) is 5.75 Å². The van der Waals surface area contributed by atoms with Crippen LogP contribution >= 0.6 is 11.3 Å². The van der Waals surface area contributed by atoms with Gasteiger partial charge in [-0.25, -0.2) is 4.99 Å². The van der Waals surface area contributed by atoms with Crippen LogP contribution in [-0.4, -0.2) is 38.8 Å². The van der Waals surface area contributed by atoms with Gasteiger partial charge in [0, 0.05) is 16.8 Å². The largest absolute Gasteiger partial charge is 0.496 e. The summed E-state index contributed by atoms with van der Waals surface area (Å²) in [6, 6.07) is 14.5. The van der Waals surface area contributed by atoms with E-state index in [1.807, 2.05) is 36.4 Å². The fourth-order valence-electron chi connectivity index (χ4n) is 5.12. The Balaban J connectivity index is 1.82. The van der Waals surface area contributed by atoms with E-state index < -0.39 is 6.04 Å². The van der Waals surface area contributed by atoms with Gasteiger partial charge < -0.3 is 18.9 Å². The number of allylic oxidation sites excluding steroid dienone is 2. The number of benzene rings is 3. The van der Waals surface area contributed by atoms with E-state index in [2.05, 4.69) is 4.99 Å². The first-order valence-corrected chi connectivity index (χ1v) is 13.0. The molecular formula is C30H28N2O6S. The molecule has 1 aromatic heterocycles. The zero-order chi connectivity index (χ0) is 27.8. The lowest BCUT2D eigenvalue weighted by atomic mass is 9.89. The van der Waals surface area contributed by atoms with Gasteiger partial charge in [-0.15, -0.1) is 0 Å². The molecule has 0 radical (unpaired) electrons. The zero-order valence-electron chi connectivity index (χ0n) is 22.5. The highest BCUT2D eigenvalue weighted by atomic mass is 32.1. The highest BCUT2D eigenvalue weighted by molar-refractivity contribution is 7.07. The third-order valence-corrected chi connectivity index (χ3v) is 7.79. The summed E-state index contributed by atoms with van der Waals surface area (Å²) in [5.41, 5.74) is 2.20. The zero-order valence-corrected chi connectivity index (χ0v) is 23.3. The number of rotatable bonds is 7. The first kappa shape index (κ1) is 26.2. The average Bonchev–Trinajstić information content (AvgIpc) is 3.24. The summed E-state index contributed by atoms with van der Waals surface area (Å²) in [7, 11) is 6.21. The second-order valence-electron chi connectivity index (χ2n) is 9.00. The molecule has 9 heteroatoms. The number of methoxy groups -OCH3 is 4. The number of carbonyl (C=O) groups excluding carboxylic acids is 1. The molecule has 0 bridgehead atoms. The summed E-state index contributed by atoms with van der Waals surface area (Å²) >= 11 is 1.26. The number of Topliss-reactive ketones (excluding diaryl/α,β-unsaturated/α-hetero) is 1. The van der Waals surface area contributed by atoms with Crippen molar-refractivity contribution >= 4 is 34.0 Å². The SMILES string of the molecule is COc1cc(C=c2sc3n(c2=O)[C@@H](c2c(OC)ccc4ccccc24)C(C(C)=O)=C(C)N=3)cc(OC)c1OC. The minimum atomic E-state index is -0.707. The van der Waals surface area contributed by atoms with Gasteiger partial charge in [-0.1, -0.05) is 41.7 Å². The summed E-state index contributed by atoms with van der Waals surface area (Å²) in [4.78, 5) is 32.3. The molecule has 0 aliphatic carbocycles. The molecule has 1 aliphatic heterocycles. The monoisotopic (exact) mass is 544 g/mol. The van der Waals surface area contributed by atoms with Gasteiger partial charge in [0.05, 0.1) is 39.0 Å². The number of ketones is 1. The van der Waals surface area contributed by atoms with Crippen LogP contribution in [0, 0.1) is 0 Å². The highest BCUT2D eigenvalue weighted by Gasteiger charge is 2.33. The smallest absolute Gasteiger partial charge is 0.271 e. The number of fused-ring (bicyclic) bond motifs is 2. The van der Waals surface area contributed by atoms with Crippen LogP contribution < -0.4 is 33.8 Å². The third-order valence-electron chi connectivity index (χ3n) is 6.81. The summed E-state index contributed by atoms with van der Waals surface area (Å²) in [5.74, 6) is 1.85. The van der Waals surface area contributed by atoms with Gasteiger partial charge in [-0.05, 0) is 54.5 Å². The van der Waals surface area contributed by atoms with Crippen LogP contribution in [0.2, 0.25) is 0 Å². The number of nitrogens with zero attached hydrogens (tertiary/aromatic N) is 2. The Morgan fingerprint density at radius 3 is 2.23 bits per heavy atom. The number of hydrogen-bond acceptors (Lipinski definition) is 8. The maximum absolute atomic E-state index is 14.1. The van der Waals surface area contributed by atoms with E-state index in [-0.39, 0.29) is 11.3 Å². The van der Waals surface area contributed by atoms with Crippen molar-refractivity contribution in [1.82, 2.24) is 4.57 Å². The predicted molar refractivity (Wildman–Crippen MR) is 151 cm³/mol. The van der Waals surface area contributed by atoms with Gasteiger partial charge >= 0.3 is 0 Å². The molecule has 3 aromatic carbocycles. The van der Waals surface area contributed by atoms with E-state index >= 15 is 0 Å². The Labute approximate surface area is 229 Å². The molecule has 2 heterocycles. The van der Waals surface area contributed by atoms with Gasteiger partial charge in [0.15, 0.2) is 22.1 Å². The lowest BCUT2D eigenvalue weighted by Gasteiger charge is -2.27. The molecule has 1 atom stereocenters. The van der Waals surface area contributed by atoms with Crippen molar-refractivity contribution in [2.75, 3.05) is 28.4 Å². The van der Waals surface area contributed by atoms with Crippen molar-refractivity contribution in [2.24, 2.45) is 4.99 Å². The molecule has 1 aliphatic rings. The molecule has 0 saturated carbocycles. The summed E-state index contributed by atoms with van der Waals surface area (Å²) in [5, 5.41) is 1.87. The Morgan fingerprint density at radius 2 is 1.62 bits per heavy atom. The minimum Gasteiger partial charge on any atom is -0.496 e. The number of carbonyl (C=O) groups is 1. The van der Waals surface area contributed by atoms with Crippen LogP contribution in [0.1, 0.15) is 31.0 Å². The minimum absolute atomic E-state index is 0.157. The summed E-state index contributed by atoms with van der Waals surface area (Å²) < 4.78 is 24.2. The third kappa shape index (κ3) is 4.38. The second kappa shape index (κ2) is 10.4. The van der Waals surface area contributed by atoms with Crippen LogP contribution in [0.15, 0.2) is 69.6 Å². The van der Waals surface area contributed by atoms with E-state index in [1.165, 1.54) is 25.4 Å². The number of aromatic nitrogens is 1. The number of hydrogen-bond donors (Lipinski definition) is 0. The topological polar surface area (TPSA) is 88.4 Å². The Morgan fingerprint density at radius 1 is 0.949 bits per heavy atom. The van der Waals surface area contributed by atoms with E-state index in [1.54, 1.807) is 51.0 Å². The maximum atomic E-state index is 14.1. The lowest BCUT2D eigenvalue weighted by molar-refractivity contribution is -0.114. The normalized spacial score (nSPS) is 15.1. The number of ether oxygens (including phenoxy) is 4. The number of thiazole rings is 1. The van der Waals surface area contributed by atoms with E-state index in [0.29, 0.717) is 49.2 Å².